The van der Waals surface area contributed by atoms with Crippen LogP contribution in [0.25, 0.3) is 110 Å². The van der Waals surface area contributed by atoms with E-state index >= 15 is 0 Å². The van der Waals surface area contributed by atoms with Crippen LogP contribution in [0.4, 0.5) is 0 Å². The van der Waals surface area contributed by atoms with Gasteiger partial charge in [-0.3, -0.25) is 4.98 Å². The summed E-state index contributed by atoms with van der Waals surface area (Å²) in [5.74, 6) is 0.679. The molecule has 11 aromatic rings. The molecule has 270 valence electrons. The van der Waals surface area contributed by atoms with Crippen molar-refractivity contribution in [1.29, 1.82) is 0 Å². The highest BCUT2D eigenvalue weighted by atomic mass is 14.9. The summed E-state index contributed by atoms with van der Waals surface area (Å²) in [7, 11) is 0. The molecule has 2 aromatic heterocycles. The lowest BCUT2D eigenvalue weighted by Gasteiger charge is -2.14. The monoisotopic (exact) mass is 737 g/mol. The molecule has 0 spiro atoms. The Morgan fingerprint density at radius 2 is 0.828 bits per heavy atom. The fraction of sp³-hybridized carbons (Fsp3) is 0. The SMILES string of the molecule is c1cc(-c2ccc3ccccc3c2)cc(-c2cc(-c3ccc(-c4cncc5ccccc45)cc3)nc(-c3cccc(-c4cc5ccccc5c5ccccc45)c3)n2)c1. The number of benzene rings is 9. The van der Waals surface area contributed by atoms with Crippen molar-refractivity contribution in [2.75, 3.05) is 0 Å². The molecule has 11 rings (SSSR count). The van der Waals surface area contributed by atoms with E-state index in [4.69, 9.17) is 9.97 Å². The number of hydrogen-bond acceptors (Lipinski definition) is 3. The minimum atomic E-state index is 0.679. The average molecular weight is 738 g/mol. The van der Waals surface area contributed by atoms with E-state index < -0.39 is 0 Å². The molecule has 0 aliphatic heterocycles. The fourth-order valence-corrected chi connectivity index (χ4v) is 8.39. The fourth-order valence-electron chi connectivity index (χ4n) is 8.39. The van der Waals surface area contributed by atoms with Crippen LogP contribution in [0.5, 0.6) is 0 Å². The molecule has 0 atom stereocenters. The van der Waals surface area contributed by atoms with Crippen LogP contribution in [-0.2, 0) is 0 Å². The molecule has 0 amide bonds. The Labute approximate surface area is 336 Å². The molecule has 0 unspecified atom stereocenters. The molecule has 0 aliphatic carbocycles. The van der Waals surface area contributed by atoms with E-state index in [0.717, 1.165) is 55.7 Å². The molecule has 0 N–H and O–H groups in total. The third-order valence-electron chi connectivity index (χ3n) is 11.3. The Morgan fingerprint density at radius 3 is 1.66 bits per heavy atom. The van der Waals surface area contributed by atoms with Gasteiger partial charge in [0.05, 0.1) is 11.4 Å². The predicted molar refractivity (Wildman–Crippen MR) is 242 cm³/mol. The van der Waals surface area contributed by atoms with Gasteiger partial charge in [0.2, 0.25) is 0 Å². The standard InChI is InChI=1S/C55H35N3/c1-2-12-39-29-41(28-23-36(39)11-1)40-15-9-17-44(30-40)54-33-53(38-26-24-37(25-27-38)52-35-56-34-46-14-4-6-20-48(46)52)57-55(58-54)45-18-10-16-42(31-45)51-32-43-13-3-5-19-47(43)49-21-7-8-22-50(49)51/h1-35H. The summed E-state index contributed by atoms with van der Waals surface area (Å²) in [6, 6.07) is 71.3. The molecule has 0 fully saturated rings. The maximum absolute atomic E-state index is 5.31. The molecule has 0 saturated heterocycles. The first-order valence-electron chi connectivity index (χ1n) is 19.7. The van der Waals surface area contributed by atoms with Gasteiger partial charge in [-0.25, -0.2) is 9.97 Å². The molecule has 3 nitrogen and oxygen atoms in total. The highest BCUT2D eigenvalue weighted by Gasteiger charge is 2.15. The summed E-state index contributed by atoms with van der Waals surface area (Å²) in [6.45, 7) is 0. The molecule has 3 heteroatoms. The Balaban J connectivity index is 1.05. The Kier molecular flexibility index (Phi) is 8.15. The van der Waals surface area contributed by atoms with E-state index in [9.17, 15) is 0 Å². The van der Waals surface area contributed by atoms with Gasteiger partial charge < -0.3 is 0 Å². The Hall–Kier alpha value is -7.75. The van der Waals surface area contributed by atoms with Crippen molar-refractivity contribution >= 4 is 43.1 Å². The molecular weight excluding hydrogens is 703 g/mol. The zero-order valence-electron chi connectivity index (χ0n) is 31.5. The van der Waals surface area contributed by atoms with E-state index in [0.29, 0.717) is 5.82 Å². The lowest BCUT2D eigenvalue weighted by Crippen LogP contribution is -1.96. The topological polar surface area (TPSA) is 38.7 Å². The molecular formula is C55H35N3. The van der Waals surface area contributed by atoms with Crippen molar-refractivity contribution in [3.05, 3.63) is 213 Å². The second-order valence-corrected chi connectivity index (χ2v) is 14.9. The summed E-state index contributed by atoms with van der Waals surface area (Å²) in [6.07, 6.45) is 3.87. The van der Waals surface area contributed by atoms with E-state index in [1.54, 1.807) is 0 Å². The molecule has 58 heavy (non-hydrogen) atoms. The van der Waals surface area contributed by atoms with Gasteiger partial charge in [-0.15, -0.1) is 0 Å². The molecule has 0 radical (unpaired) electrons. The first kappa shape index (κ1) is 33.6. The number of pyridine rings is 1. The highest BCUT2D eigenvalue weighted by molar-refractivity contribution is 6.14. The van der Waals surface area contributed by atoms with Crippen molar-refractivity contribution < 1.29 is 0 Å². The lowest BCUT2D eigenvalue weighted by atomic mass is 9.92. The van der Waals surface area contributed by atoms with Crippen molar-refractivity contribution in [3.63, 3.8) is 0 Å². The van der Waals surface area contributed by atoms with E-state index in [1.165, 1.54) is 48.8 Å². The summed E-state index contributed by atoms with van der Waals surface area (Å²) in [4.78, 5) is 15.1. The minimum Gasteiger partial charge on any atom is -0.263 e. The maximum atomic E-state index is 5.31. The minimum absolute atomic E-state index is 0.679. The van der Waals surface area contributed by atoms with Crippen molar-refractivity contribution in [3.8, 4) is 67.3 Å². The zero-order chi connectivity index (χ0) is 38.4. The van der Waals surface area contributed by atoms with Crippen LogP contribution in [0.3, 0.4) is 0 Å². The van der Waals surface area contributed by atoms with Gasteiger partial charge in [0.25, 0.3) is 0 Å². The second kappa shape index (κ2) is 14.1. The number of aromatic nitrogens is 3. The van der Waals surface area contributed by atoms with Gasteiger partial charge in [0.15, 0.2) is 5.82 Å². The second-order valence-electron chi connectivity index (χ2n) is 14.9. The van der Waals surface area contributed by atoms with E-state index in [2.05, 4.69) is 205 Å². The summed E-state index contributed by atoms with van der Waals surface area (Å²) >= 11 is 0. The van der Waals surface area contributed by atoms with Crippen LogP contribution in [0.2, 0.25) is 0 Å². The van der Waals surface area contributed by atoms with Crippen LogP contribution in [0, 0.1) is 0 Å². The van der Waals surface area contributed by atoms with E-state index in [1.807, 2.05) is 12.4 Å². The predicted octanol–water partition coefficient (Wildman–Crippen LogP) is 14.5. The summed E-state index contributed by atoms with van der Waals surface area (Å²) < 4.78 is 0. The quantitative estimate of drug-likeness (QED) is 0.160. The van der Waals surface area contributed by atoms with Gasteiger partial charge in [-0.05, 0) is 95.9 Å². The van der Waals surface area contributed by atoms with Crippen molar-refractivity contribution in [2.24, 2.45) is 0 Å². The van der Waals surface area contributed by atoms with Gasteiger partial charge in [-0.2, -0.15) is 0 Å². The lowest BCUT2D eigenvalue weighted by molar-refractivity contribution is 1.18. The first-order valence-corrected chi connectivity index (χ1v) is 19.7. The number of hydrogen-bond donors (Lipinski definition) is 0. The van der Waals surface area contributed by atoms with Crippen LogP contribution in [-0.4, -0.2) is 15.0 Å². The number of nitrogens with zero attached hydrogens (tertiary/aromatic N) is 3. The third kappa shape index (κ3) is 6.07. The van der Waals surface area contributed by atoms with Gasteiger partial charge in [-0.1, -0.05) is 170 Å². The zero-order valence-corrected chi connectivity index (χ0v) is 31.5. The number of fused-ring (bicyclic) bond motifs is 5. The number of rotatable bonds is 6. The van der Waals surface area contributed by atoms with Gasteiger partial charge in [0.1, 0.15) is 0 Å². The average Bonchev–Trinajstić information content (AvgIpc) is 3.31. The summed E-state index contributed by atoms with van der Waals surface area (Å²) in [5.41, 5.74) is 11.6. The molecule has 0 aliphatic rings. The molecule has 9 aromatic carbocycles. The Morgan fingerprint density at radius 1 is 0.259 bits per heavy atom. The molecule has 0 saturated carbocycles. The maximum Gasteiger partial charge on any atom is 0.160 e. The Bertz CT molecular complexity index is 3340. The largest absolute Gasteiger partial charge is 0.263 e. The first-order chi connectivity index (χ1) is 28.7. The van der Waals surface area contributed by atoms with Crippen molar-refractivity contribution in [1.82, 2.24) is 15.0 Å². The molecule has 0 bridgehead atoms. The van der Waals surface area contributed by atoms with E-state index in [-0.39, 0.29) is 0 Å². The van der Waals surface area contributed by atoms with Gasteiger partial charge in [0, 0.05) is 40.0 Å². The smallest absolute Gasteiger partial charge is 0.160 e. The van der Waals surface area contributed by atoms with Crippen LogP contribution in [0.1, 0.15) is 0 Å². The highest BCUT2D eigenvalue weighted by Crippen LogP contribution is 2.38. The van der Waals surface area contributed by atoms with Crippen molar-refractivity contribution in [2.45, 2.75) is 0 Å². The summed E-state index contributed by atoms with van der Waals surface area (Å²) in [5, 5.41) is 9.70. The van der Waals surface area contributed by atoms with Crippen LogP contribution < -0.4 is 0 Å². The molecule has 2 heterocycles. The normalized spacial score (nSPS) is 11.4. The van der Waals surface area contributed by atoms with Crippen LogP contribution in [0.15, 0.2) is 213 Å². The van der Waals surface area contributed by atoms with Gasteiger partial charge >= 0.3 is 0 Å². The van der Waals surface area contributed by atoms with Crippen LogP contribution >= 0.6 is 0 Å². The third-order valence-corrected chi connectivity index (χ3v) is 11.3.